The number of nitrogens with zero attached hydrogens (tertiary/aromatic N) is 1. The number of thiophene rings is 1. The second kappa shape index (κ2) is 7.26. The molecule has 0 spiro atoms. The second-order valence-electron chi connectivity index (χ2n) is 6.30. The fourth-order valence-electron chi connectivity index (χ4n) is 3.31. The minimum absolute atomic E-state index is 0.332. The van der Waals surface area contributed by atoms with E-state index < -0.39 is 0 Å². The molecule has 1 fully saturated rings. The minimum atomic E-state index is -0.332. The quantitative estimate of drug-likeness (QED) is 0.835. The van der Waals surface area contributed by atoms with Gasteiger partial charge in [0.05, 0.1) is 6.61 Å². The lowest BCUT2D eigenvalue weighted by atomic mass is 9.98. The van der Waals surface area contributed by atoms with Gasteiger partial charge >= 0.3 is 5.97 Å². The third-order valence-electron chi connectivity index (χ3n) is 4.40. The number of benzene rings is 1. The molecule has 24 heavy (non-hydrogen) atoms. The number of hydrogen-bond acceptors (Lipinski definition) is 5. The number of esters is 1. The van der Waals surface area contributed by atoms with E-state index in [9.17, 15) is 4.79 Å². The first-order valence-corrected chi connectivity index (χ1v) is 9.33. The Morgan fingerprint density at radius 1 is 1.38 bits per heavy atom. The molecule has 0 aliphatic carbocycles. The highest BCUT2D eigenvalue weighted by Gasteiger charge is 2.29. The van der Waals surface area contributed by atoms with Gasteiger partial charge in [-0.3, -0.25) is 0 Å². The smallest absolute Gasteiger partial charge is 0.341 e. The standard InChI is InChI=1S/C19H24N2O2S/c1-3-23-19(22)16-15(14-9-5-4-6-10-14)18(24-17(16)20)21-11-7-8-13(2)12-21/h4-6,9-10,13H,3,7-8,11-12,20H2,1-2H3. The van der Waals surface area contributed by atoms with Gasteiger partial charge in [-0.15, -0.1) is 0 Å². The van der Waals surface area contributed by atoms with E-state index in [0.717, 1.165) is 29.2 Å². The first-order valence-electron chi connectivity index (χ1n) is 8.51. The number of piperidine rings is 1. The van der Waals surface area contributed by atoms with Crippen molar-refractivity contribution in [2.75, 3.05) is 30.3 Å². The van der Waals surface area contributed by atoms with Crippen LogP contribution in [0.15, 0.2) is 30.3 Å². The maximum atomic E-state index is 12.5. The SMILES string of the molecule is CCOC(=O)c1c(N)sc(N2CCCC(C)C2)c1-c1ccccc1. The van der Waals surface area contributed by atoms with Gasteiger partial charge in [-0.25, -0.2) is 4.79 Å². The summed E-state index contributed by atoms with van der Waals surface area (Å²) in [6.45, 7) is 6.44. The van der Waals surface area contributed by atoms with Gasteiger partial charge in [-0.2, -0.15) is 0 Å². The Bertz CT molecular complexity index is 712. The van der Waals surface area contributed by atoms with Crippen LogP contribution >= 0.6 is 11.3 Å². The predicted octanol–water partition coefficient (Wildman–Crippen LogP) is 4.41. The zero-order valence-electron chi connectivity index (χ0n) is 14.2. The Balaban J connectivity index is 2.11. The number of rotatable bonds is 4. The third kappa shape index (κ3) is 3.26. The molecule has 0 saturated carbocycles. The van der Waals surface area contributed by atoms with Crippen LogP contribution in [0.25, 0.3) is 11.1 Å². The monoisotopic (exact) mass is 344 g/mol. The maximum absolute atomic E-state index is 12.5. The molecule has 1 aromatic heterocycles. The van der Waals surface area contributed by atoms with Crippen molar-refractivity contribution < 1.29 is 9.53 Å². The molecule has 5 heteroatoms. The van der Waals surface area contributed by atoms with Crippen LogP contribution < -0.4 is 10.6 Å². The van der Waals surface area contributed by atoms with Crippen LogP contribution in [-0.2, 0) is 4.74 Å². The summed E-state index contributed by atoms with van der Waals surface area (Å²) in [5.41, 5.74) is 8.70. The summed E-state index contributed by atoms with van der Waals surface area (Å²) in [7, 11) is 0. The highest BCUT2D eigenvalue weighted by atomic mass is 32.1. The zero-order chi connectivity index (χ0) is 17.1. The third-order valence-corrected chi connectivity index (χ3v) is 5.48. The lowest BCUT2D eigenvalue weighted by Crippen LogP contribution is -2.34. The predicted molar refractivity (Wildman–Crippen MR) is 101 cm³/mol. The normalized spacial score (nSPS) is 17.8. The molecule has 1 aromatic carbocycles. The van der Waals surface area contributed by atoms with Gasteiger partial charge in [0.2, 0.25) is 0 Å². The van der Waals surface area contributed by atoms with E-state index in [-0.39, 0.29) is 5.97 Å². The largest absolute Gasteiger partial charge is 0.462 e. The first kappa shape index (κ1) is 16.8. The number of ether oxygens (including phenoxy) is 1. The summed E-state index contributed by atoms with van der Waals surface area (Å²) in [6.07, 6.45) is 2.42. The van der Waals surface area contributed by atoms with Crippen LogP contribution in [0.5, 0.6) is 0 Å². The van der Waals surface area contributed by atoms with Gasteiger partial charge in [-0.1, -0.05) is 48.6 Å². The van der Waals surface area contributed by atoms with E-state index >= 15 is 0 Å². The lowest BCUT2D eigenvalue weighted by Gasteiger charge is -2.32. The van der Waals surface area contributed by atoms with Gasteiger partial charge in [0, 0.05) is 18.7 Å². The molecule has 1 aliphatic heterocycles. The second-order valence-corrected chi connectivity index (χ2v) is 7.33. The average Bonchev–Trinajstić information content (AvgIpc) is 2.93. The fourth-order valence-corrected chi connectivity index (χ4v) is 4.42. The summed E-state index contributed by atoms with van der Waals surface area (Å²) in [5.74, 6) is 0.318. The van der Waals surface area contributed by atoms with Gasteiger partial charge < -0.3 is 15.4 Å². The molecule has 2 N–H and O–H groups in total. The van der Waals surface area contributed by atoms with E-state index in [4.69, 9.17) is 10.5 Å². The van der Waals surface area contributed by atoms with E-state index in [1.54, 1.807) is 0 Å². The van der Waals surface area contributed by atoms with E-state index in [2.05, 4.69) is 11.8 Å². The summed E-state index contributed by atoms with van der Waals surface area (Å²) >= 11 is 1.50. The van der Waals surface area contributed by atoms with Crippen LogP contribution in [0.1, 0.15) is 37.0 Å². The summed E-state index contributed by atoms with van der Waals surface area (Å²) in [6, 6.07) is 10.0. The lowest BCUT2D eigenvalue weighted by molar-refractivity contribution is 0.0529. The number of nitrogen functional groups attached to an aromatic ring is 1. The molecule has 1 saturated heterocycles. The van der Waals surface area contributed by atoms with Gasteiger partial charge in [-0.05, 0) is 31.2 Å². The molecular weight excluding hydrogens is 320 g/mol. The number of anilines is 2. The van der Waals surface area contributed by atoms with Crippen LogP contribution in [0.2, 0.25) is 0 Å². The van der Waals surface area contributed by atoms with Gasteiger partial charge in [0.1, 0.15) is 15.6 Å². The van der Waals surface area contributed by atoms with Gasteiger partial charge in [0.25, 0.3) is 0 Å². The van der Waals surface area contributed by atoms with E-state index in [0.29, 0.717) is 23.1 Å². The topological polar surface area (TPSA) is 55.6 Å². The maximum Gasteiger partial charge on any atom is 0.341 e. The molecule has 2 heterocycles. The minimum Gasteiger partial charge on any atom is -0.462 e. The molecule has 128 valence electrons. The fraction of sp³-hybridized carbons (Fsp3) is 0.421. The Kier molecular flexibility index (Phi) is 5.09. The van der Waals surface area contributed by atoms with Crippen LogP contribution in [0.3, 0.4) is 0 Å². The molecule has 1 aliphatic rings. The molecule has 1 atom stereocenters. The van der Waals surface area contributed by atoms with Crippen LogP contribution in [0, 0.1) is 5.92 Å². The molecule has 0 radical (unpaired) electrons. The highest BCUT2D eigenvalue weighted by Crippen LogP contribution is 2.46. The number of carbonyl (C=O) groups is 1. The molecular formula is C19H24N2O2S. The molecule has 1 unspecified atom stereocenters. The van der Waals surface area contributed by atoms with Crippen LogP contribution in [-0.4, -0.2) is 25.7 Å². The molecule has 2 aromatic rings. The van der Waals surface area contributed by atoms with Crippen molar-refractivity contribution in [2.24, 2.45) is 5.92 Å². The first-order chi connectivity index (χ1) is 11.6. The van der Waals surface area contributed by atoms with Crippen molar-refractivity contribution in [2.45, 2.75) is 26.7 Å². The van der Waals surface area contributed by atoms with E-state index in [1.165, 1.54) is 24.2 Å². The Hall–Kier alpha value is -2.01. The molecule has 0 bridgehead atoms. The van der Waals surface area contributed by atoms with Crippen molar-refractivity contribution in [3.05, 3.63) is 35.9 Å². The summed E-state index contributed by atoms with van der Waals surface area (Å²) in [4.78, 5) is 14.9. The van der Waals surface area contributed by atoms with E-state index in [1.807, 2.05) is 37.3 Å². The molecule has 4 nitrogen and oxygen atoms in total. The number of carbonyl (C=O) groups excluding carboxylic acids is 1. The van der Waals surface area contributed by atoms with Crippen molar-refractivity contribution >= 4 is 27.3 Å². The van der Waals surface area contributed by atoms with Crippen molar-refractivity contribution in [1.82, 2.24) is 0 Å². The Labute approximate surface area is 147 Å². The number of hydrogen-bond donors (Lipinski definition) is 1. The summed E-state index contributed by atoms with van der Waals surface area (Å²) < 4.78 is 5.26. The summed E-state index contributed by atoms with van der Waals surface area (Å²) in [5, 5.41) is 1.63. The van der Waals surface area contributed by atoms with Crippen molar-refractivity contribution in [1.29, 1.82) is 0 Å². The molecule has 3 rings (SSSR count). The van der Waals surface area contributed by atoms with Crippen molar-refractivity contribution in [3.63, 3.8) is 0 Å². The number of nitrogens with two attached hydrogens (primary N) is 1. The molecule has 0 amide bonds. The Morgan fingerprint density at radius 3 is 2.79 bits per heavy atom. The van der Waals surface area contributed by atoms with Gasteiger partial charge in [0.15, 0.2) is 0 Å². The van der Waals surface area contributed by atoms with Crippen LogP contribution in [0.4, 0.5) is 10.0 Å². The zero-order valence-corrected chi connectivity index (χ0v) is 15.1. The Morgan fingerprint density at radius 2 is 2.12 bits per heavy atom. The highest BCUT2D eigenvalue weighted by molar-refractivity contribution is 7.21. The average molecular weight is 344 g/mol. The van der Waals surface area contributed by atoms with Crippen molar-refractivity contribution in [3.8, 4) is 11.1 Å².